The van der Waals surface area contributed by atoms with Gasteiger partial charge < -0.3 is 14.4 Å². The zero-order valence-corrected chi connectivity index (χ0v) is 16.3. The van der Waals surface area contributed by atoms with Crippen molar-refractivity contribution < 1.29 is 9.72 Å². The molecule has 148 valence electrons. The lowest BCUT2D eigenvalue weighted by atomic mass is 10.1. The smallest absolute Gasteiger partial charge is 0.294 e. The van der Waals surface area contributed by atoms with Gasteiger partial charge in [0.25, 0.3) is 11.6 Å². The molecule has 4 rings (SSSR count). The van der Waals surface area contributed by atoms with Crippen LogP contribution in [0.5, 0.6) is 0 Å². The van der Waals surface area contributed by atoms with Gasteiger partial charge in [-0.05, 0) is 48.5 Å². The molecule has 29 heavy (non-hydrogen) atoms. The molecule has 1 aliphatic rings. The van der Waals surface area contributed by atoms with E-state index >= 15 is 0 Å². The number of aromatic nitrogens is 1. The minimum atomic E-state index is -0.426. The molecule has 1 aromatic heterocycles. The molecule has 3 aromatic rings. The van der Waals surface area contributed by atoms with Gasteiger partial charge in [0.05, 0.1) is 4.92 Å². The monoisotopic (exact) mass is 410 g/mol. The highest BCUT2D eigenvalue weighted by molar-refractivity contribution is 6.30. The molecule has 0 N–H and O–H groups in total. The second-order valence-electron chi connectivity index (χ2n) is 6.81. The third-order valence-corrected chi connectivity index (χ3v) is 5.29. The number of anilines is 1. The summed E-state index contributed by atoms with van der Waals surface area (Å²) in [7, 11) is 0. The molecule has 1 aliphatic heterocycles. The molecular weight excluding hydrogens is 392 g/mol. The van der Waals surface area contributed by atoms with Crippen LogP contribution >= 0.6 is 11.6 Å². The van der Waals surface area contributed by atoms with E-state index in [2.05, 4.69) is 0 Å². The molecule has 8 heteroatoms. The van der Waals surface area contributed by atoms with Gasteiger partial charge in [-0.1, -0.05) is 11.6 Å². The van der Waals surface area contributed by atoms with Crippen molar-refractivity contribution in [1.82, 2.24) is 9.47 Å². The quantitative estimate of drug-likeness (QED) is 0.481. The Morgan fingerprint density at radius 2 is 1.62 bits per heavy atom. The molecule has 7 nitrogen and oxygen atoms in total. The number of carbonyl (C=O) groups is 1. The van der Waals surface area contributed by atoms with Crippen LogP contribution < -0.4 is 4.90 Å². The van der Waals surface area contributed by atoms with Crippen LogP contribution in [0.3, 0.4) is 0 Å². The molecular formula is C21H19ClN4O3. The first-order chi connectivity index (χ1) is 14.0. The average molecular weight is 411 g/mol. The standard InChI is InChI=1S/C21H19ClN4O3/c22-17-5-8-19(20(15-17)26(28)29)24-11-13-25(14-12-24)21(27)16-3-6-18(7-4-16)23-9-1-2-10-23/h1-10,15H,11-14H2. The number of amides is 1. The van der Waals surface area contributed by atoms with Crippen LogP contribution in [-0.4, -0.2) is 46.5 Å². The lowest BCUT2D eigenvalue weighted by molar-refractivity contribution is -0.384. The normalized spacial score (nSPS) is 14.1. The van der Waals surface area contributed by atoms with E-state index in [1.165, 1.54) is 6.07 Å². The van der Waals surface area contributed by atoms with Crippen molar-refractivity contribution >= 4 is 28.9 Å². The van der Waals surface area contributed by atoms with Gasteiger partial charge >= 0.3 is 0 Å². The van der Waals surface area contributed by atoms with Gasteiger partial charge in [-0.15, -0.1) is 0 Å². The number of nitro groups is 1. The highest BCUT2D eigenvalue weighted by Gasteiger charge is 2.26. The van der Waals surface area contributed by atoms with Gasteiger partial charge in [-0.25, -0.2) is 0 Å². The molecule has 1 fully saturated rings. The maximum absolute atomic E-state index is 12.8. The van der Waals surface area contributed by atoms with Crippen LogP contribution in [0.1, 0.15) is 10.4 Å². The van der Waals surface area contributed by atoms with Gasteiger partial charge in [0.2, 0.25) is 0 Å². The maximum Gasteiger partial charge on any atom is 0.294 e. The van der Waals surface area contributed by atoms with Crippen LogP contribution in [-0.2, 0) is 0 Å². The number of hydrogen-bond acceptors (Lipinski definition) is 4. The third-order valence-electron chi connectivity index (χ3n) is 5.06. The number of hydrogen-bond donors (Lipinski definition) is 0. The molecule has 0 atom stereocenters. The van der Waals surface area contributed by atoms with Crippen molar-refractivity contribution in [2.45, 2.75) is 0 Å². The van der Waals surface area contributed by atoms with Crippen molar-refractivity contribution in [2.75, 3.05) is 31.1 Å². The molecule has 2 aromatic carbocycles. The van der Waals surface area contributed by atoms with Gasteiger partial charge in [-0.2, -0.15) is 0 Å². The van der Waals surface area contributed by atoms with Crippen LogP contribution in [0, 0.1) is 10.1 Å². The van der Waals surface area contributed by atoms with E-state index in [1.807, 2.05) is 58.3 Å². The zero-order valence-electron chi connectivity index (χ0n) is 15.6. The summed E-state index contributed by atoms with van der Waals surface area (Å²) in [6, 6.07) is 16.1. The Morgan fingerprint density at radius 1 is 0.966 bits per heavy atom. The van der Waals surface area contributed by atoms with E-state index in [-0.39, 0.29) is 11.6 Å². The fraction of sp³-hybridized carbons (Fsp3) is 0.190. The fourth-order valence-electron chi connectivity index (χ4n) is 3.53. The summed E-state index contributed by atoms with van der Waals surface area (Å²) in [5.41, 5.74) is 2.14. The first kappa shape index (κ1) is 19.0. The topological polar surface area (TPSA) is 71.6 Å². The molecule has 1 amide bonds. The second-order valence-corrected chi connectivity index (χ2v) is 7.24. The minimum absolute atomic E-state index is 0.0159. The largest absolute Gasteiger partial charge is 0.362 e. The second kappa shape index (κ2) is 7.97. The summed E-state index contributed by atoms with van der Waals surface area (Å²) in [5.74, 6) is -0.0330. The van der Waals surface area contributed by atoms with Crippen LogP contribution in [0.4, 0.5) is 11.4 Å². The summed E-state index contributed by atoms with van der Waals surface area (Å²) in [6.45, 7) is 2.04. The summed E-state index contributed by atoms with van der Waals surface area (Å²) in [4.78, 5) is 27.5. The van der Waals surface area contributed by atoms with Gasteiger partial charge in [0.15, 0.2) is 0 Å². The Hall–Kier alpha value is -3.32. The van der Waals surface area contributed by atoms with E-state index in [9.17, 15) is 14.9 Å². The van der Waals surface area contributed by atoms with Crippen LogP contribution in [0.2, 0.25) is 5.02 Å². The average Bonchev–Trinajstić information content (AvgIpc) is 3.28. The van der Waals surface area contributed by atoms with Crippen molar-refractivity contribution in [3.8, 4) is 5.69 Å². The number of benzene rings is 2. The minimum Gasteiger partial charge on any atom is -0.362 e. The summed E-state index contributed by atoms with van der Waals surface area (Å²) >= 11 is 5.90. The first-order valence-corrected chi connectivity index (χ1v) is 9.62. The maximum atomic E-state index is 12.8. The number of nitro benzene ring substituents is 1. The lowest BCUT2D eigenvalue weighted by Crippen LogP contribution is -2.49. The molecule has 1 saturated heterocycles. The number of carbonyl (C=O) groups excluding carboxylic acids is 1. The Bertz CT molecular complexity index is 1030. The fourth-order valence-corrected chi connectivity index (χ4v) is 3.69. The van der Waals surface area contributed by atoms with Gasteiger partial charge in [0, 0.05) is 60.9 Å². The molecule has 0 radical (unpaired) electrons. The van der Waals surface area contributed by atoms with Crippen molar-refractivity contribution in [3.63, 3.8) is 0 Å². The third kappa shape index (κ3) is 3.95. The van der Waals surface area contributed by atoms with E-state index in [0.717, 1.165) is 5.69 Å². The highest BCUT2D eigenvalue weighted by atomic mass is 35.5. The summed E-state index contributed by atoms with van der Waals surface area (Å²) in [6.07, 6.45) is 3.90. The number of rotatable bonds is 4. The molecule has 0 spiro atoms. The van der Waals surface area contributed by atoms with Crippen molar-refractivity contribution in [1.29, 1.82) is 0 Å². The SMILES string of the molecule is O=C(c1ccc(-n2cccc2)cc1)N1CCN(c2ccc(Cl)cc2[N+](=O)[O-])CC1. The molecule has 0 saturated carbocycles. The lowest BCUT2D eigenvalue weighted by Gasteiger charge is -2.35. The van der Waals surface area contributed by atoms with E-state index in [0.29, 0.717) is 42.5 Å². The summed E-state index contributed by atoms with van der Waals surface area (Å²) in [5, 5.41) is 11.7. The van der Waals surface area contributed by atoms with Crippen LogP contribution in [0.15, 0.2) is 67.0 Å². The number of nitrogens with zero attached hydrogens (tertiary/aromatic N) is 4. The Kier molecular flexibility index (Phi) is 5.22. The van der Waals surface area contributed by atoms with Crippen molar-refractivity contribution in [2.24, 2.45) is 0 Å². The molecule has 0 aliphatic carbocycles. The van der Waals surface area contributed by atoms with E-state index < -0.39 is 4.92 Å². The van der Waals surface area contributed by atoms with E-state index in [4.69, 9.17) is 11.6 Å². The summed E-state index contributed by atoms with van der Waals surface area (Å²) < 4.78 is 1.98. The molecule has 0 unspecified atom stereocenters. The first-order valence-electron chi connectivity index (χ1n) is 9.24. The van der Waals surface area contributed by atoms with Gasteiger partial charge in [-0.3, -0.25) is 14.9 Å². The highest BCUT2D eigenvalue weighted by Crippen LogP contribution is 2.31. The van der Waals surface area contributed by atoms with Gasteiger partial charge in [0.1, 0.15) is 5.69 Å². The predicted molar refractivity (Wildman–Crippen MR) is 112 cm³/mol. The Labute approximate surface area is 172 Å². The van der Waals surface area contributed by atoms with E-state index in [1.54, 1.807) is 17.0 Å². The number of piperazine rings is 1. The van der Waals surface area contributed by atoms with Crippen LogP contribution in [0.25, 0.3) is 5.69 Å². The zero-order chi connectivity index (χ0) is 20.4. The molecule has 0 bridgehead atoms. The number of halogens is 1. The Balaban J connectivity index is 1.43. The molecule has 2 heterocycles. The Morgan fingerprint density at radius 3 is 2.24 bits per heavy atom. The predicted octanol–water partition coefficient (Wildman–Crippen LogP) is 4.00. The van der Waals surface area contributed by atoms with Crippen molar-refractivity contribution in [3.05, 3.63) is 87.7 Å².